The van der Waals surface area contributed by atoms with Crippen LogP contribution in [0.3, 0.4) is 0 Å². The maximum absolute atomic E-state index is 10.9. The molecule has 0 saturated carbocycles. The van der Waals surface area contributed by atoms with E-state index in [-0.39, 0.29) is 10.7 Å². The molecule has 2 aromatic rings. The van der Waals surface area contributed by atoms with Gasteiger partial charge in [-0.2, -0.15) is 8.42 Å². The number of benzene rings is 1. The Morgan fingerprint density at radius 2 is 1.94 bits per heavy atom. The Morgan fingerprint density at radius 3 is 2.53 bits per heavy atom. The van der Waals surface area contributed by atoms with Crippen LogP contribution >= 0.6 is 0 Å². The van der Waals surface area contributed by atoms with Gasteiger partial charge in [0, 0.05) is 5.56 Å². The van der Waals surface area contributed by atoms with Crippen LogP contribution in [0.25, 0.3) is 11.3 Å². The molecule has 1 aromatic carbocycles. The predicted octanol–water partition coefficient (Wildman–Crippen LogP) is 2.01. The van der Waals surface area contributed by atoms with Gasteiger partial charge in [-0.15, -0.1) is 0 Å². The summed E-state index contributed by atoms with van der Waals surface area (Å²) in [6, 6.07) is 8.64. The number of hydrogen-bond donors (Lipinski definition) is 1. The minimum absolute atomic E-state index is 0.150. The van der Waals surface area contributed by atoms with Crippen LogP contribution < -0.4 is 0 Å². The van der Waals surface area contributed by atoms with Gasteiger partial charge >= 0.3 is 0 Å². The molecule has 0 unspecified atom stereocenters. The Balaban J connectivity index is 2.50. The van der Waals surface area contributed by atoms with Crippen molar-refractivity contribution in [2.24, 2.45) is 0 Å². The lowest BCUT2D eigenvalue weighted by molar-refractivity contribution is 0.110. The maximum Gasteiger partial charge on any atom is 0.294 e. The van der Waals surface area contributed by atoms with Crippen LogP contribution in [0.5, 0.6) is 0 Å². The molecule has 0 spiro atoms. The summed E-state index contributed by atoms with van der Waals surface area (Å²) in [6.45, 7) is 0. The van der Waals surface area contributed by atoms with Gasteiger partial charge in [0.1, 0.15) is 5.76 Å². The molecular weight excluding hydrogens is 244 g/mol. The zero-order valence-corrected chi connectivity index (χ0v) is 9.35. The van der Waals surface area contributed by atoms with Crippen LogP contribution in [-0.4, -0.2) is 19.3 Å². The summed E-state index contributed by atoms with van der Waals surface area (Å²) in [6.07, 6.45) is 0.552. The van der Waals surface area contributed by atoms with Crippen LogP contribution in [-0.2, 0) is 10.1 Å². The van der Waals surface area contributed by atoms with Crippen molar-refractivity contribution >= 4 is 16.4 Å². The lowest BCUT2D eigenvalue weighted by Gasteiger charge is -2.00. The molecule has 0 amide bonds. The molecule has 0 atom stereocenters. The maximum atomic E-state index is 10.9. The SMILES string of the molecule is O=Cc1ccc(-c2cccc(S(=O)(=O)O)c2)o1. The highest BCUT2D eigenvalue weighted by Crippen LogP contribution is 2.24. The summed E-state index contributed by atoms with van der Waals surface area (Å²) in [5.74, 6) is 0.509. The van der Waals surface area contributed by atoms with Gasteiger partial charge in [-0.25, -0.2) is 0 Å². The van der Waals surface area contributed by atoms with Crippen molar-refractivity contribution < 1.29 is 22.2 Å². The Hall–Kier alpha value is -1.92. The molecule has 6 heteroatoms. The zero-order valence-electron chi connectivity index (χ0n) is 8.53. The first kappa shape index (κ1) is 11.6. The second kappa shape index (κ2) is 4.15. The molecule has 1 heterocycles. The third-order valence-electron chi connectivity index (χ3n) is 2.16. The predicted molar refractivity (Wildman–Crippen MR) is 59.3 cm³/mol. The van der Waals surface area contributed by atoms with Gasteiger partial charge < -0.3 is 4.42 Å². The molecule has 5 nitrogen and oxygen atoms in total. The van der Waals surface area contributed by atoms with Crippen molar-refractivity contribution in [2.75, 3.05) is 0 Å². The number of rotatable bonds is 3. The molecule has 0 aliphatic heterocycles. The van der Waals surface area contributed by atoms with E-state index < -0.39 is 10.1 Å². The van der Waals surface area contributed by atoms with Crippen LogP contribution in [0, 0.1) is 0 Å². The number of carbonyl (C=O) groups excluding carboxylic acids is 1. The molecular formula is C11H8O5S. The minimum Gasteiger partial charge on any atom is -0.453 e. The molecule has 0 saturated heterocycles. The van der Waals surface area contributed by atoms with Gasteiger partial charge in [0.25, 0.3) is 10.1 Å². The lowest BCUT2D eigenvalue weighted by atomic mass is 10.2. The number of hydrogen-bond acceptors (Lipinski definition) is 4. The fourth-order valence-electron chi connectivity index (χ4n) is 1.38. The molecule has 0 radical (unpaired) electrons. The van der Waals surface area contributed by atoms with Gasteiger partial charge in [-0.1, -0.05) is 12.1 Å². The molecule has 1 N–H and O–H groups in total. The number of carbonyl (C=O) groups is 1. The topological polar surface area (TPSA) is 84.6 Å². The normalized spacial score (nSPS) is 11.4. The Bertz CT molecular complexity index is 654. The molecule has 1 aromatic heterocycles. The highest BCUT2D eigenvalue weighted by molar-refractivity contribution is 7.85. The van der Waals surface area contributed by atoms with E-state index in [0.717, 1.165) is 0 Å². The summed E-state index contributed by atoms with van der Waals surface area (Å²) in [5, 5.41) is 0. The average Bonchev–Trinajstić information content (AvgIpc) is 2.76. The van der Waals surface area contributed by atoms with Crippen molar-refractivity contribution in [3.63, 3.8) is 0 Å². The molecule has 0 aliphatic rings. The van der Waals surface area contributed by atoms with Gasteiger partial charge in [-0.05, 0) is 24.3 Å². The quantitative estimate of drug-likeness (QED) is 0.667. The van der Waals surface area contributed by atoms with Gasteiger partial charge in [0.2, 0.25) is 0 Å². The summed E-state index contributed by atoms with van der Waals surface area (Å²) in [5.41, 5.74) is 0.466. The smallest absolute Gasteiger partial charge is 0.294 e. The highest BCUT2D eigenvalue weighted by atomic mass is 32.2. The second-order valence-electron chi connectivity index (χ2n) is 3.32. The first-order valence-corrected chi connectivity index (χ1v) is 6.07. The first-order chi connectivity index (χ1) is 8.00. The van der Waals surface area contributed by atoms with Crippen molar-refractivity contribution in [3.05, 3.63) is 42.2 Å². The van der Waals surface area contributed by atoms with Crippen LogP contribution in [0.1, 0.15) is 10.6 Å². The standard InChI is InChI=1S/C11H8O5S/c12-7-9-4-5-11(16-9)8-2-1-3-10(6-8)17(13,14)15/h1-7H,(H,13,14,15). The van der Waals surface area contributed by atoms with Crippen LogP contribution in [0.15, 0.2) is 45.7 Å². The van der Waals surface area contributed by atoms with E-state index in [9.17, 15) is 13.2 Å². The highest BCUT2D eigenvalue weighted by Gasteiger charge is 2.11. The lowest BCUT2D eigenvalue weighted by Crippen LogP contribution is -1.97. The molecule has 0 fully saturated rings. The molecule has 88 valence electrons. The van der Waals surface area contributed by atoms with Crippen LogP contribution in [0.2, 0.25) is 0 Å². The summed E-state index contributed by atoms with van der Waals surface area (Å²) in [7, 11) is -4.24. The third kappa shape index (κ3) is 2.43. The van der Waals surface area contributed by atoms with Crippen LogP contribution in [0.4, 0.5) is 0 Å². The van der Waals surface area contributed by atoms with E-state index in [1.54, 1.807) is 12.1 Å². The fraction of sp³-hybridized carbons (Fsp3) is 0. The molecule has 2 rings (SSSR count). The largest absolute Gasteiger partial charge is 0.453 e. The summed E-state index contributed by atoms with van der Waals surface area (Å²) < 4.78 is 35.9. The van der Waals surface area contributed by atoms with Gasteiger partial charge in [0.15, 0.2) is 12.0 Å². The Kier molecular flexibility index (Phi) is 2.83. The average molecular weight is 252 g/mol. The van der Waals surface area contributed by atoms with Crippen molar-refractivity contribution in [3.8, 4) is 11.3 Å². The number of furan rings is 1. The van der Waals surface area contributed by atoms with E-state index in [1.807, 2.05) is 0 Å². The van der Waals surface area contributed by atoms with E-state index in [2.05, 4.69) is 0 Å². The van der Waals surface area contributed by atoms with Crippen molar-refractivity contribution in [1.29, 1.82) is 0 Å². The first-order valence-electron chi connectivity index (χ1n) is 4.63. The molecule has 0 aliphatic carbocycles. The van der Waals surface area contributed by atoms with Gasteiger partial charge in [-0.3, -0.25) is 9.35 Å². The van der Waals surface area contributed by atoms with E-state index in [1.165, 1.54) is 24.3 Å². The Labute approximate surface area is 97.4 Å². The zero-order chi connectivity index (χ0) is 12.5. The summed E-state index contributed by atoms with van der Waals surface area (Å²) in [4.78, 5) is 10.2. The van der Waals surface area contributed by atoms with E-state index in [4.69, 9.17) is 8.97 Å². The molecule has 17 heavy (non-hydrogen) atoms. The summed E-state index contributed by atoms with van der Waals surface area (Å²) >= 11 is 0. The van der Waals surface area contributed by atoms with Crippen molar-refractivity contribution in [2.45, 2.75) is 4.90 Å². The monoisotopic (exact) mass is 252 g/mol. The van der Waals surface area contributed by atoms with Gasteiger partial charge in [0.05, 0.1) is 4.90 Å². The minimum atomic E-state index is -4.24. The number of aldehydes is 1. The van der Waals surface area contributed by atoms with E-state index in [0.29, 0.717) is 17.6 Å². The van der Waals surface area contributed by atoms with E-state index >= 15 is 0 Å². The third-order valence-corrected chi connectivity index (χ3v) is 3.01. The second-order valence-corrected chi connectivity index (χ2v) is 4.74. The fourth-order valence-corrected chi connectivity index (χ4v) is 1.91. The van der Waals surface area contributed by atoms with Crippen molar-refractivity contribution in [1.82, 2.24) is 0 Å². The Morgan fingerprint density at radius 1 is 1.18 bits per heavy atom. The molecule has 0 bridgehead atoms.